The number of para-hydroxylation sites is 1. The van der Waals surface area contributed by atoms with Crippen molar-refractivity contribution in [3.63, 3.8) is 0 Å². The van der Waals surface area contributed by atoms with Crippen LogP contribution in [0.5, 0.6) is 5.75 Å². The van der Waals surface area contributed by atoms with E-state index in [1.54, 1.807) is 12.1 Å². The van der Waals surface area contributed by atoms with Crippen molar-refractivity contribution in [2.75, 3.05) is 46.1 Å². The summed E-state index contributed by atoms with van der Waals surface area (Å²) in [6, 6.07) is 14.7. The number of terminal acetylenes is 1. The van der Waals surface area contributed by atoms with E-state index >= 15 is 0 Å². The summed E-state index contributed by atoms with van der Waals surface area (Å²) in [6.07, 6.45) is 7.77. The van der Waals surface area contributed by atoms with Gasteiger partial charge in [-0.3, -0.25) is 14.2 Å². The zero-order valence-electron chi connectivity index (χ0n) is 21.3. The highest BCUT2D eigenvalue weighted by molar-refractivity contribution is 5.84. The summed E-state index contributed by atoms with van der Waals surface area (Å²) in [5.74, 6) is 0.454. The summed E-state index contributed by atoms with van der Waals surface area (Å²) in [7, 11) is 0. The Morgan fingerprint density at radius 3 is 2.62 bits per heavy atom. The van der Waals surface area contributed by atoms with Crippen LogP contribution >= 0.6 is 0 Å². The number of benzene rings is 2. The lowest BCUT2D eigenvalue weighted by atomic mass is 9.97. The summed E-state index contributed by atoms with van der Waals surface area (Å²) < 4.78 is 43.7. The Hall–Kier alpha value is -2.99. The summed E-state index contributed by atoms with van der Waals surface area (Å²) in [5.41, 5.74) is 3.70. The summed E-state index contributed by atoms with van der Waals surface area (Å²) >= 11 is 0. The van der Waals surface area contributed by atoms with E-state index in [1.807, 2.05) is 6.07 Å². The molecule has 2 N–H and O–H groups in total. The van der Waals surface area contributed by atoms with Gasteiger partial charge in [-0.1, -0.05) is 24.3 Å². The quantitative estimate of drug-likeness (QED) is 0.431. The number of H-pyrrole nitrogens is 1. The first kappa shape index (κ1) is 28.6. The number of likely N-dealkylation sites (tertiary alicyclic amines) is 1. The first-order chi connectivity index (χ1) is 18.0. The van der Waals surface area contributed by atoms with Crippen molar-refractivity contribution in [1.29, 1.82) is 0 Å². The molecule has 0 spiro atoms. The minimum absolute atomic E-state index is 0.203. The van der Waals surface area contributed by atoms with Gasteiger partial charge in [0.15, 0.2) is 0 Å². The average molecular weight is 516 g/mol. The molecule has 2 aliphatic rings. The summed E-state index contributed by atoms with van der Waals surface area (Å²) in [5, 5.41) is 10.1. The number of nitrogens with zero attached hydrogens (tertiary/aromatic N) is 2. The van der Waals surface area contributed by atoms with Gasteiger partial charge in [0, 0.05) is 67.3 Å². The summed E-state index contributed by atoms with van der Waals surface area (Å²) in [4.78, 5) is 7.66. The van der Waals surface area contributed by atoms with E-state index in [4.69, 9.17) is 9.84 Å². The van der Waals surface area contributed by atoms with Crippen molar-refractivity contribution in [3.05, 3.63) is 65.6 Å². The molecule has 5 rings (SSSR count). The molecular weight excluding hydrogens is 479 g/mol. The van der Waals surface area contributed by atoms with E-state index in [1.165, 1.54) is 28.8 Å². The lowest BCUT2D eigenvalue weighted by molar-refractivity contribution is 0.0668. The number of aliphatic hydroxyl groups excluding tert-OH is 1. The van der Waals surface area contributed by atoms with Gasteiger partial charge in [0.1, 0.15) is 24.3 Å². The molecule has 3 aromatic rings. The predicted octanol–water partition coefficient (Wildman–Crippen LogP) is 4.60. The molecule has 37 heavy (non-hydrogen) atoms. The fourth-order valence-electron chi connectivity index (χ4n) is 4.77. The van der Waals surface area contributed by atoms with Gasteiger partial charge < -0.3 is 14.8 Å². The lowest BCUT2D eigenvalue weighted by Crippen LogP contribution is -2.49. The molecule has 0 radical (unpaired) electrons. The molecule has 8 heteroatoms. The monoisotopic (exact) mass is 515 g/mol. The highest BCUT2D eigenvalue weighted by atomic mass is 19.1. The van der Waals surface area contributed by atoms with Crippen molar-refractivity contribution in [2.45, 2.75) is 32.1 Å². The number of nitrogens with one attached hydrogen (secondary N) is 1. The Kier molecular flexibility index (Phi) is 10.9. The zero-order valence-corrected chi connectivity index (χ0v) is 21.3. The Labute approximate surface area is 217 Å². The van der Waals surface area contributed by atoms with Crippen LogP contribution in [-0.4, -0.2) is 78.2 Å². The molecule has 0 unspecified atom stereocenters. The van der Waals surface area contributed by atoms with Crippen molar-refractivity contribution in [2.24, 2.45) is 5.92 Å². The SMILES string of the molecule is C#C.C[C@@H]1Cc2c([nH]c3ccccc23)CN1C[C@@H](F)CO.FCC1CN(CCOc2cccc(F)c2)C1. The van der Waals surface area contributed by atoms with Crippen molar-refractivity contribution in [3.8, 4) is 18.6 Å². The Morgan fingerprint density at radius 2 is 1.92 bits per heavy atom. The molecule has 0 amide bonds. The van der Waals surface area contributed by atoms with Crippen LogP contribution in [0.3, 0.4) is 0 Å². The van der Waals surface area contributed by atoms with Crippen LogP contribution in [0.25, 0.3) is 10.9 Å². The topological polar surface area (TPSA) is 51.7 Å². The number of aromatic amines is 1. The van der Waals surface area contributed by atoms with Crippen molar-refractivity contribution < 1.29 is 23.0 Å². The number of aliphatic hydroxyl groups is 1. The Balaban J connectivity index is 0.000000195. The van der Waals surface area contributed by atoms with Gasteiger partial charge in [-0.25, -0.2) is 8.78 Å². The number of hydrogen-bond donors (Lipinski definition) is 2. The molecule has 1 saturated heterocycles. The maximum atomic E-state index is 13.4. The number of ether oxygens (including phenoxy) is 1. The molecule has 0 bridgehead atoms. The molecule has 2 aliphatic heterocycles. The third kappa shape index (κ3) is 7.75. The second-order valence-corrected chi connectivity index (χ2v) is 9.48. The van der Waals surface area contributed by atoms with Crippen LogP contribution in [0.4, 0.5) is 13.2 Å². The molecule has 1 fully saturated rings. The highest BCUT2D eigenvalue weighted by Gasteiger charge is 2.27. The Bertz CT molecular complexity index is 1130. The van der Waals surface area contributed by atoms with Gasteiger partial charge in [-0.05, 0) is 37.1 Å². The van der Waals surface area contributed by atoms with E-state index in [9.17, 15) is 13.2 Å². The summed E-state index contributed by atoms with van der Waals surface area (Å²) in [6.45, 7) is 5.42. The van der Waals surface area contributed by atoms with E-state index in [0.717, 1.165) is 38.1 Å². The normalized spacial score (nSPS) is 18.5. The first-order valence-corrected chi connectivity index (χ1v) is 12.5. The Morgan fingerprint density at radius 1 is 1.16 bits per heavy atom. The zero-order chi connectivity index (χ0) is 26.8. The maximum absolute atomic E-state index is 13.4. The van der Waals surface area contributed by atoms with Crippen molar-refractivity contribution in [1.82, 2.24) is 14.8 Å². The molecule has 2 atom stereocenters. The molecule has 0 saturated carbocycles. The van der Waals surface area contributed by atoms with Crippen LogP contribution in [0.1, 0.15) is 18.2 Å². The number of alkyl halides is 2. The number of fused-ring (bicyclic) bond motifs is 3. The smallest absolute Gasteiger partial charge is 0.136 e. The second-order valence-electron chi connectivity index (χ2n) is 9.48. The van der Waals surface area contributed by atoms with Crippen molar-refractivity contribution >= 4 is 10.9 Å². The fourth-order valence-corrected chi connectivity index (χ4v) is 4.77. The second kappa shape index (κ2) is 14.1. The number of rotatable bonds is 8. The third-order valence-corrected chi connectivity index (χ3v) is 6.74. The van der Waals surface area contributed by atoms with Gasteiger partial charge in [-0.2, -0.15) is 0 Å². The van der Waals surface area contributed by atoms with E-state index in [0.29, 0.717) is 24.9 Å². The van der Waals surface area contributed by atoms with Crippen LogP contribution in [-0.2, 0) is 13.0 Å². The maximum Gasteiger partial charge on any atom is 0.136 e. The minimum Gasteiger partial charge on any atom is -0.492 e. The largest absolute Gasteiger partial charge is 0.492 e. The van der Waals surface area contributed by atoms with Crippen LogP contribution < -0.4 is 4.74 Å². The average Bonchev–Trinajstić information content (AvgIpc) is 3.24. The van der Waals surface area contributed by atoms with Gasteiger partial charge in [0.2, 0.25) is 0 Å². The predicted molar refractivity (Wildman–Crippen MR) is 142 cm³/mol. The number of hydrogen-bond acceptors (Lipinski definition) is 4. The third-order valence-electron chi connectivity index (χ3n) is 6.74. The molecule has 5 nitrogen and oxygen atoms in total. The molecule has 200 valence electrons. The molecule has 0 aliphatic carbocycles. The molecule has 1 aromatic heterocycles. The fraction of sp³-hybridized carbons (Fsp3) is 0.448. The van der Waals surface area contributed by atoms with Crippen LogP contribution in [0.2, 0.25) is 0 Å². The van der Waals surface area contributed by atoms with Gasteiger partial charge in [0.25, 0.3) is 0 Å². The standard InChI is InChI=1S/C15H19FN2O.C12H15F2NO.C2H2/c1-10-6-13-12-4-2-3-5-14(12)17-15(13)8-18(10)7-11(16)9-19;13-7-10-8-15(9-10)4-5-16-12-3-1-2-11(14)6-12;1-2/h2-5,10-11,17,19H,6-9H2,1H3;1-3,6,10H,4-5,7-9H2;1-2H/t10-,11-;;/m1../s1. The van der Waals surface area contributed by atoms with E-state index in [-0.39, 0.29) is 18.4 Å². The minimum atomic E-state index is -1.16. The molecule has 3 heterocycles. The van der Waals surface area contributed by atoms with Gasteiger partial charge >= 0.3 is 0 Å². The highest BCUT2D eigenvalue weighted by Crippen LogP contribution is 2.30. The first-order valence-electron chi connectivity index (χ1n) is 12.5. The number of halogens is 3. The van der Waals surface area contributed by atoms with Gasteiger partial charge in [-0.15, -0.1) is 12.8 Å². The molecular formula is C29H36F3N3O2. The van der Waals surface area contributed by atoms with E-state index < -0.39 is 12.8 Å². The van der Waals surface area contributed by atoms with Gasteiger partial charge in [0.05, 0.1) is 13.3 Å². The lowest BCUT2D eigenvalue weighted by Gasteiger charge is -2.37. The van der Waals surface area contributed by atoms with E-state index in [2.05, 4.69) is 52.8 Å². The molecule has 2 aromatic carbocycles. The number of aromatic nitrogens is 1. The van der Waals surface area contributed by atoms with Crippen LogP contribution in [0, 0.1) is 24.6 Å². The van der Waals surface area contributed by atoms with Crippen LogP contribution in [0.15, 0.2) is 48.5 Å².